The summed E-state index contributed by atoms with van der Waals surface area (Å²) in [6, 6.07) is 0. The molecule has 0 aliphatic heterocycles. The van der Waals surface area contributed by atoms with Crippen LogP contribution >= 0.6 is 0 Å². The van der Waals surface area contributed by atoms with Crippen LogP contribution in [0.1, 0.15) is 46.0 Å². The van der Waals surface area contributed by atoms with Crippen LogP contribution in [0.15, 0.2) is 0 Å². The summed E-state index contributed by atoms with van der Waals surface area (Å²) in [6.45, 7) is 10.4. The highest BCUT2D eigenvalue weighted by Crippen LogP contribution is 2.41. The number of ether oxygens (including phenoxy) is 1. The fourth-order valence-corrected chi connectivity index (χ4v) is 4.35. The van der Waals surface area contributed by atoms with Gasteiger partial charge >= 0.3 is 0 Å². The minimum absolute atomic E-state index is 0.484. The van der Waals surface area contributed by atoms with E-state index in [2.05, 4.69) is 31.1 Å². The summed E-state index contributed by atoms with van der Waals surface area (Å²) in [6.07, 6.45) is 7.04. The monoisotopic (exact) mass is 296 g/mol. The lowest BCUT2D eigenvalue weighted by atomic mass is 9.69. The van der Waals surface area contributed by atoms with E-state index in [1.807, 2.05) is 0 Å². The molecule has 124 valence electrons. The minimum atomic E-state index is 0.484. The molecule has 1 N–H and O–H groups in total. The van der Waals surface area contributed by atoms with Crippen LogP contribution in [0, 0.1) is 23.2 Å². The predicted molar refractivity (Wildman–Crippen MR) is 89.6 cm³/mol. The molecule has 0 aromatic carbocycles. The molecular formula is C18H36N2O. The standard InChI is InChI=1S/C18H36N2O/c1-15-6-5-7-18(11-15,13-19-8-9-21-4)14-20(3)12-17-10-16(17)2/h15-17,19H,5-14H2,1-4H3. The summed E-state index contributed by atoms with van der Waals surface area (Å²) in [5.74, 6) is 2.82. The van der Waals surface area contributed by atoms with E-state index in [1.54, 1.807) is 7.11 Å². The fourth-order valence-electron chi connectivity index (χ4n) is 4.35. The molecule has 2 fully saturated rings. The zero-order valence-corrected chi connectivity index (χ0v) is 14.7. The zero-order valence-electron chi connectivity index (χ0n) is 14.7. The van der Waals surface area contributed by atoms with Crippen LogP contribution in [0.25, 0.3) is 0 Å². The van der Waals surface area contributed by atoms with Crippen molar-refractivity contribution in [2.24, 2.45) is 23.2 Å². The average molecular weight is 296 g/mol. The van der Waals surface area contributed by atoms with E-state index in [0.29, 0.717) is 5.41 Å². The van der Waals surface area contributed by atoms with Crippen molar-refractivity contribution in [1.82, 2.24) is 10.2 Å². The Hall–Kier alpha value is -0.120. The molecule has 2 rings (SSSR count). The van der Waals surface area contributed by atoms with Gasteiger partial charge in [0.05, 0.1) is 6.61 Å². The van der Waals surface area contributed by atoms with E-state index in [9.17, 15) is 0 Å². The van der Waals surface area contributed by atoms with E-state index in [-0.39, 0.29) is 0 Å². The van der Waals surface area contributed by atoms with E-state index in [0.717, 1.165) is 37.5 Å². The van der Waals surface area contributed by atoms with Gasteiger partial charge in [0.15, 0.2) is 0 Å². The van der Waals surface area contributed by atoms with Crippen molar-refractivity contribution < 1.29 is 4.74 Å². The molecule has 21 heavy (non-hydrogen) atoms. The first-order chi connectivity index (χ1) is 10.0. The molecule has 0 saturated heterocycles. The summed E-state index contributed by atoms with van der Waals surface area (Å²) < 4.78 is 5.17. The molecule has 2 aliphatic rings. The van der Waals surface area contributed by atoms with Crippen LogP contribution in [0.2, 0.25) is 0 Å². The van der Waals surface area contributed by atoms with Crippen LogP contribution in [0.5, 0.6) is 0 Å². The summed E-state index contributed by atoms with van der Waals surface area (Å²) >= 11 is 0. The third kappa shape index (κ3) is 5.54. The van der Waals surface area contributed by atoms with Crippen LogP contribution in [0.3, 0.4) is 0 Å². The van der Waals surface area contributed by atoms with Gasteiger partial charge in [0.2, 0.25) is 0 Å². The van der Waals surface area contributed by atoms with Crippen LogP contribution in [-0.4, -0.2) is 51.8 Å². The van der Waals surface area contributed by atoms with E-state index in [1.165, 1.54) is 45.2 Å². The highest BCUT2D eigenvalue weighted by Gasteiger charge is 2.38. The Morgan fingerprint density at radius 3 is 2.71 bits per heavy atom. The van der Waals surface area contributed by atoms with Crippen molar-refractivity contribution in [1.29, 1.82) is 0 Å². The highest BCUT2D eigenvalue weighted by atomic mass is 16.5. The number of nitrogens with zero attached hydrogens (tertiary/aromatic N) is 1. The normalized spacial score (nSPS) is 36.1. The van der Waals surface area contributed by atoms with Crippen molar-refractivity contribution >= 4 is 0 Å². The zero-order chi connectivity index (χ0) is 15.3. The number of nitrogens with one attached hydrogen (secondary N) is 1. The predicted octanol–water partition coefficient (Wildman–Crippen LogP) is 3.01. The van der Waals surface area contributed by atoms with Crippen molar-refractivity contribution in [3.05, 3.63) is 0 Å². The molecule has 0 bridgehead atoms. The Kier molecular flexibility index (Phi) is 6.51. The van der Waals surface area contributed by atoms with Gasteiger partial charge in [-0.15, -0.1) is 0 Å². The summed E-state index contributed by atoms with van der Waals surface area (Å²) in [4.78, 5) is 2.62. The Bertz CT molecular complexity index is 310. The smallest absolute Gasteiger partial charge is 0.0587 e. The van der Waals surface area contributed by atoms with E-state index < -0.39 is 0 Å². The molecule has 0 aromatic rings. The molecule has 4 unspecified atom stereocenters. The van der Waals surface area contributed by atoms with Gasteiger partial charge in [-0.2, -0.15) is 0 Å². The topological polar surface area (TPSA) is 24.5 Å². The quantitative estimate of drug-likeness (QED) is 0.662. The number of methoxy groups -OCH3 is 1. The lowest BCUT2D eigenvalue weighted by Gasteiger charge is -2.43. The molecule has 0 heterocycles. The molecule has 0 spiro atoms. The van der Waals surface area contributed by atoms with Crippen molar-refractivity contribution in [3.8, 4) is 0 Å². The molecule has 0 aromatic heterocycles. The lowest BCUT2D eigenvalue weighted by Crippen LogP contribution is -2.46. The second-order valence-corrected chi connectivity index (χ2v) is 8.04. The molecule has 2 aliphatic carbocycles. The second-order valence-electron chi connectivity index (χ2n) is 8.04. The van der Waals surface area contributed by atoms with Crippen LogP contribution in [0.4, 0.5) is 0 Å². The van der Waals surface area contributed by atoms with Crippen LogP contribution < -0.4 is 5.32 Å². The van der Waals surface area contributed by atoms with E-state index >= 15 is 0 Å². The van der Waals surface area contributed by atoms with Gasteiger partial charge in [0.1, 0.15) is 0 Å². The first-order valence-electron chi connectivity index (χ1n) is 8.93. The molecule has 2 saturated carbocycles. The molecule has 4 atom stereocenters. The third-order valence-corrected chi connectivity index (χ3v) is 5.60. The Labute approximate surface area is 131 Å². The average Bonchev–Trinajstić information content (AvgIpc) is 3.10. The number of hydrogen-bond donors (Lipinski definition) is 1. The first-order valence-corrected chi connectivity index (χ1v) is 8.93. The largest absolute Gasteiger partial charge is 0.383 e. The van der Waals surface area contributed by atoms with Gasteiger partial charge in [-0.1, -0.05) is 26.7 Å². The summed E-state index contributed by atoms with van der Waals surface area (Å²) in [5, 5.41) is 3.65. The second kappa shape index (κ2) is 7.94. The Balaban J connectivity index is 1.84. The van der Waals surface area contributed by atoms with Crippen molar-refractivity contribution in [3.63, 3.8) is 0 Å². The van der Waals surface area contributed by atoms with Crippen LogP contribution in [-0.2, 0) is 4.74 Å². The van der Waals surface area contributed by atoms with Gasteiger partial charge in [0, 0.05) is 33.3 Å². The summed E-state index contributed by atoms with van der Waals surface area (Å²) in [7, 11) is 4.12. The third-order valence-electron chi connectivity index (χ3n) is 5.60. The van der Waals surface area contributed by atoms with Gasteiger partial charge in [-0.3, -0.25) is 0 Å². The maximum atomic E-state index is 5.17. The first kappa shape index (κ1) is 17.2. The molecule has 3 heteroatoms. The maximum Gasteiger partial charge on any atom is 0.0587 e. The lowest BCUT2D eigenvalue weighted by molar-refractivity contribution is 0.0866. The van der Waals surface area contributed by atoms with E-state index in [4.69, 9.17) is 4.74 Å². The Morgan fingerprint density at radius 2 is 2.10 bits per heavy atom. The maximum absolute atomic E-state index is 5.17. The Morgan fingerprint density at radius 1 is 1.33 bits per heavy atom. The highest BCUT2D eigenvalue weighted by molar-refractivity contribution is 4.91. The summed E-state index contributed by atoms with van der Waals surface area (Å²) in [5.41, 5.74) is 0.484. The SMILES string of the molecule is COCCNCC1(CN(C)CC2CC2C)CCCC(C)C1. The molecule has 3 nitrogen and oxygen atoms in total. The number of hydrogen-bond acceptors (Lipinski definition) is 3. The van der Waals surface area contributed by atoms with Gasteiger partial charge < -0.3 is 15.0 Å². The molecule has 0 amide bonds. The van der Waals surface area contributed by atoms with Crippen molar-refractivity contribution in [2.45, 2.75) is 46.0 Å². The number of rotatable bonds is 9. The van der Waals surface area contributed by atoms with Crippen molar-refractivity contribution in [2.75, 3.05) is 46.9 Å². The van der Waals surface area contributed by atoms with Gasteiger partial charge in [0.25, 0.3) is 0 Å². The van der Waals surface area contributed by atoms with Gasteiger partial charge in [-0.05, 0) is 49.5 Å². The molecule has 0 radical (unpaired) electrons. The fraction of sp³-hybridized carbons (Fsp3) is 1.00. The van der Waals surface area contributed by atoms with Gasteiger partial charge in [-0.25, -0.2) is 0 Å². The molecular weight excluding hydrogens is 260 g/mol. The minimum Gasteiger partial charge on any atom is -0.383 e.